The van der Waals surface area contributed by atoms with Gasteiger partial charge in [0.25, 0.3) is 5.91 Å². The SMILES string of the molecule is Cc1cccc(OC(C)C(=O)Nc2ccc(-c3nc4cccnc4s3)cc2)c1C. The molecule has 4 aromatic rings. The molecule has 0 bridgehead atoms. The average Bonchev–Trinajstić information content (AvgIpc) is 3.16. The van der Waals surface area contributed by atoms with Crippen LogP contribution in [0.3, 0.4) is 0 Å². The van der Waals surface area contributed by atoms with E-state index in [1.165, 1.54) is 0 Å². The molecule has 5 nitrogen and oxygen atoms in total. The maximum absolute atomic E-state index is 12.5. The van der Waals surface area contributed by atoms with Crippen molar-refractivity contribution in [1.82, 2.24) is 9.97 Å². The van der Waals surface area contributed by atoms with Crippen LogP contribution in [-0.2, 0) is 4.79 Å². The molecule has 146 valence electrons. The smallest absolute Gasteiger partial charge is 0.265 e. The van der Waals surface area contributed by atoms with Gasteiger partial charge in [-0.15, -0.1) is 0 Å². The molecule has 0 saturated heterocycles. The summed E-state index contributed by atoms with van der Waals surface area (Å²) < 4.78 is 5.86. The van der Waals surface area contributed by atoms with Gasteiger partial charge in [-0.3, -0.25) is 4.79 Å². The van der Waals surface area contributed by atoms with Crippen molar-refractivity contribution in [2.24, 2.45) is 0 Å². The Hall–Kier alpha value is -3.25. The third-order valence-corrected chi connectivity index (χ3v) is 5.82. The molecule has 6 heteroatoms. The molecule has 0 radical (unpaired) electrons. The van der Waals surface area contributed by atoms with E-state index in [0.717, 1.165) is 43.5 Å². The summed E-state index contributed by atoms with van der Waals surface area (Å²) in [6.07, 6.45) is 1.16. The van der Waals surface area contributed by atoms with Crippen LogP contribution < -0.4 is 10.1 Å². The first-order valence-electron chi connectivity index (χ1n) is 9.37. The predicted octanol–water partition coefficient (Wildman–Crippen LogP) is 5.38. The quantitative estimate of drug-likeness (QED) is 0.486. The van der Waals surface area contributed by atoms with E-state index in [1.807, 2.05) is 68.4 Å². The van der Waals surface area contributed by atoms with E-state index >= 15 is 0 Å². The summed E-state index contributed by atoms with van der Waals surface area (Å²) in [5.41, 5.74) is 4.78. The molecule has 0 aliphatic heterocycles. The molecule has 1 unspecified atom stereocenters. The summed E-state index contributed by atoms with van der Waals surface area (Å²) in [5.74, 6) is 0.537. The number of amides is 1. The second-order valence-electron chi connectivity index (χ2n) is 6.87. The second kappa shape index (κ2) is 8.01. The van der Waals surface area contributed by atoms with E-state index in [0.29, 0.717) is 0 Å². The van der Waals surface area contributed by atoms with Gasteiger partial charge in [0.1, 0.15) is 21.1 Å². The molecule has 1 N–H and O–H groups in total. The molecule has 0 spiro atoms. The molecule has 2 aromatic carbocycles. The van der Waals surface area contributed by atoms with Crippen LogP contribution in [0.25, 0.3) is 20.9 Å². The Kier molecular flexibility index (Phi) is 5.27. The van der Waals surface area contributed by atoms with Gasteiger partial charge in [-0.1, -0.05) is 23.5 Å². The van der Waals surface area contributed by atoms with Crippen molar-refractivity contribution in [3.63, 3.8) is 0 Å². The lowest BCUT2D eigenvalue weighted by Gasteiger charge is -2.17. The fourth-order valence-electron chi connectivity index (χ4n) is 2.93. The molecule has 0 aliphatic rings. The third kappa shape index (κ3) is 4.12. The molecule has 4 rings (SSSR count). The van der Waals surface area contributed by atoms with Crippen LogP contribution in [0.5, 0.6) is 5.75 Å². The Bertz CT molecular complexity index is 1140. The first kappa shape index (κ1) is 19.1. The summed E-state index contributed by atoms with van der Waals surface area (Å²) in [6, 6.07) is 17.3. The highest BCUT2D eigenvalue weighted by Gasteiger charge is 2.16. The number of benzene rings is 2. The number of thiazole rings is 1. The third-order valence-electron chi connectivity index (χ3n) is 4.79. The standard InChI is InChI=1S/C23H21N3O2S/c1-14-6-4-8-20(15(14)2)28-16(3)21(27)25-18-11-9-17(10-12-18)22-26-19-7-5-13-24-23(19)29-22/h4-13,16H,1-3H3,(H,25,27). The van der Waals surface area contributed by atoms with E-state index in [9.17, 15) is 4.79 Å². The molecular formula is C23H21N3O2S. The van der Waals surface area contributed by atoms with E-state index in [1.54, 1.807) is 24.5 Å². The fraction of sp³-hybridized carbons (Fsp3) is 0.174. The van der Waals surface area contributed by atoms with Gasteiger partial charge in [0.2, 0.25) is 0 Å². The van der Waals surface area contributed by atoms with E-state index in [2.05, 4.69) is 15.3 Å². The zero-order chi connectivity index (χ0) is 20.4. The summed E-state index contributed by atoms with van der Waals surface area (Å²) >= 11 is 1.55. The molecule has 1 atom stereocenters. The molecule has 0 aliphatic carbocycles. The van der Waals surface area contributed by atoms with Gasteiger partial charge in [0.05, 0.1) is 0 Å². The minimum absolute atomic E-state index is 0.192. The lowest BCUT2D eigenvalue weighted by atomic mass is 10.1. The predicted molar refractivity (Wildman–Crippen MR) is 117 cm³/mol. The normalized spacial score (nSPS) is 12.0. The number of hydrogen-bond donors (Lipinski definition) is 1. The molecule has 1 amide bonds. The second-order valence-corrected chi connectivity index (χ2v) is 7.85. The summed E-state index contributed by atoms with van der Waals surface area (Å²) in [6.45, 7) is 5.77. The van der Waals surface area contributed by atoms with Crippen LogP contribution in [0.1, 0.15) is 18.1 Å². The molecular weight excluding hydrogens is 382 g/mol. The highest BCUT2D eigenvalue weighted by Crippen LogP contribution is 2.29. The number of nitrogens with one attached hydrogen (secondary N) is 1. The van der Waals surface area contributed by atoms with Gasteiger partial charge in [-0.05, 0) is 74.4 Å². The number of anilines is 1. The Morgan fingerprint density at radius 3 is 2.62 bits per heavy atom. The number of fused-ring (bicyclic) bond motifs is 1. The minimum Gasteiger partial charge on any atom is -0.481 e. The lowest BCUT2D eigenvalue weighted by molar-refractivity contribution is -0.122. The maximum atomic E-state index is 12.5. The summed E-state index contributed by atoms with van der Waals surface area (Å²) in [5, 5.41) is 3.81. The van der Waals surface area contributed by atoms with Crippen LogP contribution >= 0.6 is 11.3 Å². The Morgan fingerprint density at radius 1 is 1.07 bits per heavy atom. The monoisotopic (exact) mass is 403 g/mol. The number of nitrogens with zero attached hydrogens (tertiary/aromatic N) is 2. The van der Waals surface area contributed by atoms with Crippen molar-refractivity contribution >= 4 is 33.3 Å². The highest BCUT2D eigenvalue weighted by atomic mass is 32.1. The zero-order valence-electron chi connectivity index (χ0n) is 16.5. The molecule has 2 aromatic heterocycles. The van der Waals surface area contributed by atoms with Gasteiger partial charge in [-0.25, -0.2) is 9.97 Å². The van der Waals surface area contributed by atoms with Crippen LogP contribution in [-0.4, -0.2) is 22.0 Å². The van der Waals surface area contributed by atoms with Crippen molar-refractivity contribution in [3.05, 3.63) is 71.9 Å². The number of aromatic nitrogens is 2. The van der Waals surface area contributed by atoms with E-state index in [-0.39, 0.29) is 5.91 Å². The number of carbonyl (C=O) groups is 1. The van der Waals surface area contributed by atoms with E-state index < -0.39 is 6.10 Å². The van der Waals surface area contributed by atoms with Gasteiger partial charge >= 0.3 is 0 Å². The van der Waals surface area contributed by atoms with Gasteiger partial charge in [0, 0.05) is 17.4 Å². The first-order chi connectivity index (χ1) is 14.0. The van der Waals surface area contributed by atoms with Crippen LogP contribution in [0.4, 0.5) is 5.69 Å². The Balaban J connectivity index is 1.44. The van der Waals surface area contributed by atoms with Crippen molar-refractivity contribution in [1.29, 1.82) is 0 Å². The number of pyridine rings is 1. The van der Waals surface area contributed by atoms with Crippen molar-refractivity contribution in [2.75, 3.05) is 5.32 Å². The largest absolute Gasteiger partial charge is 0.481 e. The number of rotatable bonds is 5. The Morgan fingerprint density at radius 2 is 1.86 bits per heavy atom. The van der Waals surface area contributed by atoms with Crippen LogP contribution in [0, 0.1) is 13.8 Å². The number of aryl methyl sites for hydroxylation is 1. The zero-order valence-corrected chi connectivity index (χ0v) is 17.3. The van der Waals surface area contributed by atoms with Crippen LogP contribution in [0.15, 0.2) is 60.8 Å². The maximum Gasteiger partial charge on any atom is 0.265 e. The average molecular weight is 404 g/mol. The van der Waals surface area contributed by atoms with Gasteiger partial charge < -0.3 is 10.1 Å². The van der Waals surface area contributed by atoms with Gasteiger partial charge in [0.15, 0.2) is 6.10 Å². The van der Waals surface area contributed by atoms with E-state index in [4.69, 9.17) is 4.74 Å². The minimum atomic E-state index is -0.606. The molecule has 29 heavy (non-hydrogen) atoms. The van der Waals surface area contributed by atoms with Gasteiger partial charge in [-0.2, -0.15) is 0 Å². The Labute approximate surface area is 173 Å². The molecule has 0 saturated carbocycles. The number of hydrogen-bond acceptors (Lipinski definition) is 5. The molecule has 2 heterocycles. The topological polar surface area (TPSA) is 64.1 Å². The van der Waals surface area contributed by atoms with Crippen molar-refractivity contribution in [3.8, 4) is 16.3 Å². The summed E-state index contributed by atoms with van der Waals surface area (Å²) in [4.78, 5) is 22.4. The number of carbonyl (C=O) groups excluding carboxylic acids is 1. The van der Waals surface area contributed by atoms with Crippen LogP contribution in [0.2, 0.25) is 0 Å². The highest BCUT2D eigenvalue weighted by molar-refractivity contribution is 7.21. The first-order valence-corrected chi connectivity index (χ1v) is 10.2. The lowest BCUT2D eigenvalue weighted by Crippen LogP contribution is -2.30. The van der Waals surface area contributed by atoms with Crippen molar-refractivity contribution < 1.29 is 9.53 Å². The fourth-order valence-corrected chi connectivity index (χ4v) is 3.84. The molecule has 0 fully saturated rings. The number of ether oxygens (including phenoxy) is 1. The summed E-state index contributed by atoms with van der Waals surface area (Å²) in [7, 11) is 0. The van der Waals surface area contributed by atoms with Crippen molar-refractivity contribution in [2.45, 2.75) is 26.9 Å².